The van der Waals surface area contributed by atoms with E-state index in [1.807, 2.05) is 26.1 Å². The fourth-order valence-electron chi connectivity index (χ4n) is 8.96. The first kappa shape index (κ1) is 28.2. The number of fused-ring (bicyclic) bond motifs is 6. The van der Waals surface area contributed by atoms with Crippen LogP contribution in [0.15, 0.2) is 24.2 Å². The third-order valence-corrected chi connectivity index (χ3v) is 10.8. The van der Waals surface area contributed by atoms with Gasteiger partial charge < -0.3 is 20.3 Å². The molecule has 9 heteroatoms. The number of halogens is 1. The molecule has 3 saturated carbocycles. The number of nitrogens with zero attached hydrogens (tertiary/aromatic N) is 3. The SMILES string of the molecule is Cc1cnc2nc([C-](C)NC(O)[C@H]3CC[C@H]4C5CC[C@H]6N(C)C(=O)C(F)=C[C@]6(C)C5CC[C@]34C)[nH]c2c1.[Y]. The summed E-state index contributed by atoms with van der Waals surface area (Å²) in [7, 11) is 1.76. The number of hydrogen-bond donors (Lipinski definition) is 3. The van der Waals surface area contributed by atoms with Crippen LogP contribution in [0.5, 0.6) is 0 Å². The molecule has 1 amide bonds. The number of aliphatic hydroxyl groups excluding tert-OH is 1. The summed E-state index contributed by atoms with van der Waals surface area (Å²) in [6.45, 7) is 8.48. The van der Waals surface area contributed by atoms with Crippen LogP contribution in [0, 0.1) is 47.5 Å². The van der Waals surface area contributed by atoms with Crippen LogP contribution in [0.1, 0.15) is 70.7 Å². The Morgan fingerprint density at radius 1 is 1.24 bits per heavy atom. The minimum absolute atomic E-state index is 0. The maximum Gasteiger partial charge on any atom is 0.282 e. The van der Waals surface area contributed by atoms with E-state index in [0.29, 0.717) is 29.2 Å². The van der Waals surface area contributed by atoms with Crippen molar-refractivity contribution in [1.82, 2.24) is 25.2 Å². The molecule has 0 bridgehead atoms. The van der Waals surface area contributed by atoms with Crippen molar-refractivity contribution in [3.05, 3.63) is 41.6 Å². The van der Waals surface area contributed by atoms with Crippen LogP contribution >= 0.6 is 0 Å². The smallest absolute Gasteiger partial charge is 0.282 e. The van der Waals surface area contributed by atoms with Gasteiger partial charge in [-0.05, 0) is 92.1 Å². The Balaban J connectivity index is 0.00000294. The number of H-pyrrole nitrogens is 1. The molecule has 3 fully saturated rings. The molecule has 3 aliphatic carbocycles. The monoisotopic (exact) mass is 597 g/mol. The average Bonchev–Trinajstić information content (AvgIpc) is 3.43. The number of likely N-dealkylation sites (N-methyl/N-ethyl adjacent to an activating group) is 1. The van der Waals surface area contributed by atoms with E-state index >= 15 is 0 Å². The van der Waals surface area contributed by atoms with Crippen LogP contribution in [0.2, 0.25) is 0 Å². The minimum Gasteiger partial charge on any atom is -0.421 e. The van der Waals surface area contributed by atoms with Crippen molar-refractivity contribution in [2.75, 3.05) is 7.05 Å². The number of aliphatic hydroxyl groups is 1. The predicted octanol–water partition coefficient (Wildman–Crippen LogP) is 4.62. The number of rotatable bonds is 4. The van der Waals surface area contributed by atoms with E-state index in [1.54, 1.807) is 18.0 Å². The maximum atomic E-state index is 14.7. The van der Waals surface area contributed by atoms with Crippen LogP contribution < -0.4 is 5.32 Å². The summed E-state index contributed by atoms with van der Waals surface area (Å²) < 4.78 is 14.7. The van der Waals surface area contributed by atoms with Crippen molar-refractivity contribution >= 4 is 17.1 Å². The molecule has 2 aromatic rings. The van der Waals surface area contributed by atoms with Gasteiger partial charge in [-0.2, -0.15) is 6.92 Å². The summed E-state index contributed by atoms with van der Waals surface area (Å²) in [6.07, 6.45) is 8.81. The van der Waals surface area contributed by atoms with Crippen molar-refractivity contribution in [3.63, 3.8) is 0 Å². The van der Waals surface area contributed by atoms with Crippen molar-refractivity contribution < 1.29 is 47.0 Å². The van der Waals surface area contributed by atoms with Crippen LogP contribution in [0.25, 0.3) is 11.2 Å². The first-order chi connectivity index (χ1) is 17.5. The number of carbonyl (C=O) groups excluding carboxylic acids is 1. The molecule has 6 rings (SSSR count). The molecule has 0 saturated heterocycles. The molecule has 1 radical (unpaired) electrons. The molecule has 2 aromatic heterocycles. The second-order valence-corrected chi connectivity index (χ2v) is 12.7. The van der Waals surface area contributed by atoms with Crippen molar-refractivity contribution in [3.8, 4) is 0 Å². The number of hydrogen-bond acceptors (Lipinski definition) is 5. The van der Waals surface area contributed by atoms with Crippen LogP contribution in [0.3, 0.4) is 0 Å². The Morgan fingerprint density at radius 2 is 2.00 bits per heavy atom. The van der Waals surface area contributed by atoms with Gasteiger partial charge in [0.05, 0.1) is 11.7 Å². The number of pyridine rings is 1. The molecule has 4 aliphatic rings. The fourth-order valence-corrected chi connectivity index (χ4v) is 8.96. The van der Waals surface area contributed by atoms with Gasteiger partial charge in [-0.1, -0.05) is 13.8 Å². The van der Waals surface area contributed by atoms with Gasteiger partial charge in [0.1, 0.15) is 0 Å². The largest absolute Gasteiger partial charge is 0.421 e. The van der Waals surface area contributed by atoms with Crippen molar-refractivity contribution in [2.24, 2.45) is 34.5 Å². The first-order valence-electron chi connectivity index (χ1n) is 13.8. The normalized spacial score (nSPS) is 37.1. The summed E-state index contributed by atoms with van der Waals surface area (Å²) >= 11 is 0. The van der Waals surface area contributed by atoms with Crippen molar-refractivity contribution in [1.29, 1.82) is 0 Å². The van der Waals surface area contributed by atoms with Gasteiger partial charge in [0, 0.05) is 63.3 Å². The van der Waals surface area contributed by atoms with E-state index < -0.39 is 18.0 Å². The molecule has 8 atom stereocenters. The zero-order valence-corrected chi connectivity index (χ0v) is 25.9. The van der Waals surface area contributed by atoms with E-state index in [1.165, 1.54) is 0 Å². The van der Waals surface area contributed by atoms with E-state index in [0.717, 1.165) is 55.6 Å². The maximum absolute atomic E-state index is 14.7. The minimum atomic E-state index is -0.669. The van der Waals surface area contributed by atoms with Crippen LogP contribution in [-0.4, -0.2) is 50.2 Å². The van der Waals surface area contributed by atoms with E-state index in [2.05, 4.69) is 34.1 Å². The Labute approximate surface area is 249 Å². The molecule has 3 heterocycles. The molecule has 0 spiro atoms. The van der Waals surface area contributed by atoms with E-state index in [9.17, 15) is 14.3 Å². The fraction of sp³-hybridized carbons (Fsp3) is 0.655. The molecule has 203 valence electrons. The zero-order valence-electron chi connectivity index (χ0n) is 23.1. The summed E-state index contributed by atoms with van der Waals surface area (Å²) in [6, 6.07) is 2.90. The Bertz CT molecular complexity index is 1270. The van der Waals surface area contributed by atoms with E-state index in [-0.39, 0.29) is 55.5 Å². The Hall–Kier alpha value is -1.35. The summed E-state index contributed by atoms with van der Waals surface area (Å²) in [5, 5.41) is 14.8. The molecule has 38 heavy (non-hydrogen) atoms. The molecular formula is C29H39FN5O2Y-. The standard InChI is InChI=1S/C29H39FN5O2.Y/c1-15-12-22-25(31-14-15)34-24(33-22)16(2)32-26(36)20-8-7-18-17-6-9-23-29(4,13-21(30)27(37)35(23)5)19(17)10-11-28(18,20)3;/h12-14,17-20,23,26,32,36H,6-11H2,1-5H3,(H,31,33,34);/q-1;/t17?,18-,19?,20+,23+,26?,28-,29+;/m0./s1. The topological polar surface area (TPSA) is 94.1 Å². The number of aryl methyl sites for hydroxylation is 1. The molecule has 0 aromatic carbocycles. The van der Waals surface area contributed by atoms with Gasteiger partial charge in [-0.25, -0.2) is 14.4 Å². The molecule has 3 unspecified atom stereocenters. The van der Waals surface area contributed by atoms with Crippen LogP contribution in [0.4, 0.5) is 4.39 Å². The number of carbonyl (C=O) groups is 1. The first-order valence-corrected chi connectivity index (χ1v) is 13.8. The number of amides is 1. The van der Waals surface area contributed by atoms with Crippen LogP contribution in [-0.2, 0) is 37.5 Å². The van der Waals surface area contributed by atoms with Gasteiger partial charge in [0.25, 0.3) is 5.91 Å². The summed E-state index contributed by atoms with van der Waals surface area (Å²) in [5.41, 5.74) is 2.32. The predicted molar refractivity (Wildman–Crippen MR) is 139 cm³/mol. The average molecular weight is 598 g/mol. The molecule has 1 aliphatic heterocycles. The Morgan fingerprint density at radius 3 is 2.76 bits per heavy atom. The molecular weight excluding hydrogens is 558 g/mol. The van der Waals surface area contributed by atoms with Crippen molar-refractivity contribution in [2.45, 2.75) is 78.5 Å². The number of nitrogens with one attached hydrogen (secondary N) is 2. The second-order valence-electron chi connectivity index (χ2n) is 12.7. The molecule has 7 nitrogen and oxygen atoms in total. The third-order valence-electron chi connectivity index (χ3n) is 10.8. The van der Waals surface area contributed by atoms with Gasteiger partial charge in [0.2, 0.25) is 0 Å². The van der Waals surface area contributed by atoms with E-state index in [4.69, 9.17) is 0 Å². The third kappa shape index (κ3) is 4.20. The van der Waals surface area contributed by atoms with Gasteiger partial charge in [0.15, 0.2) is 11.5 Å². The Kier molecular flexibility index (Phi) is 7.37. The number of imidazole rings is 1. The summed E-state index contributed by atoms with van der Waals surface area (Å²) in [4.78, 5) is 26.3. The van der Waals surface area contributed by atoms with Gasteiger partial charge in [-0.3, -0.25) is 10.8 Å². The summed E-state index contributed by atoms with van der Waals surface area (Å²) in [5.74, 6) is 1.09. The molecule has 3 N–H and O–H groups in total. The number of aromatic amines is 1. The zero-order chi connectivity index (χ0) is 26.3. The quantitative estimate of drug-likeness (QED) is 0.353. The second kappa shape index (κ2) is 9.93. The number of aromatic nitrogens is 3. The van der Waals surface area contributed by atoms with Gasteiger partial charge >= 0.3 is 0 Å². The van der Waals surface area contributed by atoms with Gasteiger partial charge in [-0.15, -0.1) is 0 Å².